The minimum Gasteiger partial charge on any atom is -0.486 e. The van der Waals surface area contributed by atoms with Gasteiger partial charge in [-0.1, -0.05) is 23.7 Å². The Morgan fingerprint density at radius 3 is 2.69 bits per heavy atom. The number of halogens is 1. The summed E-state index contributed by atoms with van der Waals surface area (Å²) < 4.78 is 19.4. The molecule has 1 aliphatic heterocycles. The van der Waals surface area contributed by atoms with Crippen LogP contribution in [0.4, 0.5) is 5.69 Å². The summed E-state index contributed by atoms with van der Waals surface area (Å²) in [5, 5.41) is 10.9. The van der Waals surface area contributed by atoms with Gasteiger partial charge in [0.1, 0.15) is 12.4 Å². The van der Waals surface area contributed by atoms with Crippen LogP contribution < -0.4 is 14.2 Å². The minimum absolute atomic E-state index is 0.0761. The van der Waals surface area contributed by atoms with Gasteiger partial charge in [0.05, 0.1) is 16.5 Å². The first-order chi connectivity index (χ1) is 15.3. The number of rotatable bonds is 7. The SMILES string of the molecule is Cc1cc(C(=O)COc2ccc([N+](=O)[O-])cc2Cl)c(C)n1C[C@H]1COc2ccccc2O1. The van der Waals surface area contributed by atoms with Crippen molar-refractivity contribution in [2.75, 3.05) is 13.2 Å². The molecular weight excluding hydrogens is 436 g/mol. The van der Waals surface area contributed by atoms with Crippen LogP contribution in [0.3, 0.4) is 0 Å². The number of ether oxygens (including phenoxy) is 3. The van der Waals surface area contributed by atoms with Crippen LogP contribution in [-0.4, -0.2) is 34.6 Å². The zero-order valence-corrected chi connectivity index (χ0v) is 18.3. The van der Waals surface area contributed by atoms with Crippen LogP contribution in [0.15, 0.2) is 48.5 Å². The molecule has 0 bridgehead atoms. The Hall–Kier alpha value is -3.52. The smallest absolute Gasteiger partial charge is 0.271 e. The number of para-hydroxylation sites is 2. The molecule has 4 rings (SSSR count). The molecule has 166 valence electrons. The van der Waals surface area contributed by atoms with E-state index >= 15 is 0 Å². The third-order valence-electron chi connectivity index (χ3n) is 5.31. The quantitative estimate of drug-likeness (QED) is 0.289. The summed E-state index contributed by atoms with van der Waals surface area (Å²) in [7, 11) is 0. The van der Waals surface area contributed by atoms with Gasteiger partial charge in [0.25, 0.3) is 5.69 Å². The van der Waals surface area contributed by atoms with E-state index in [0.717, 1.165) is 17.1 Å². The van der Waals surface area contributed by atoms with Crippen molar-refractivity contribution in [2.45, 2.75) is 26.5 Å². The number of ketones is 1. The van der Waals surface area contributed by atoms with E-state index in [2.05, 4.69) is 0 Å². The second-order valence-corrected chi connectivity index (χ2v) is 7.88. The number of non-ortho nitro benzene ring substituents is 1. The number of nitro benzene ring substituents is 1. The lowest BCUT2D eigenvalue weighted by Crippen LogP contribution is -2.33. The molecule has 0 N–H and O–H groups in total. The maximum atomic E-state index is 12.8. The number of Topliss-reactive ketones (excluding diaryl/α,β-unsaturated/α-hetero) is 1. The van der Waals surface area contributed by atoms with E-state index in [1.807, 2.05) is 48.7 Å². The highest BCUT2D eigenvalue weighted by molar-refractivity contribution is 6.32. The molecular formula is C23H21ClN2O6. The van der Waals surface area contributed by atoms with Gasteiger partial charge in [-0.15, -0.1) is 0 Å². The molecule has 0 unspecified atom stereocenters. The highest BCUT2D eigenvalue weighted by Crippen LogP contribution is 2.32. The van der Waals surface area contributed by atoms with Gasteiger partial charge in [-0.25, -0.2) is 0 Å². The molecule has 2 aromatic carbocycles. The van der Waals surface area contributed by atoms with E-state index < -0.39 is 4.92 Å². The van der Waals surface area contributed by atoms with Gasteiger partial charge in [0, 0.05) is 29.1 Å². The molecule has 32 heavy (non-hydrogen) atoms. The number of fused-ring (bicyclic) bond motifs is 1. The summed E-state index contributed by atoms with van der Waals surface area (Å²) in [5.74, 6) is 1.43. The summed E-state index contributed by atoms with van der Waals surface area (Å²) in [5.41, 5.74) is 2.11. The molecule has 1 atom stereocenters. The number of aromatic nitrogens is 1. The third kappa shape index (κ3) is 4.40. The first-order valence-corrected chi connectivity index (χ1v) is 10.4. The van der Waals surface area contributed by atoms with Gasteiger partial charge in [-0.05, 0) is 38.1 Å². The average Bonchev–Trinajstić information content (AvgIpc) is 3.06. The molecule has 1 aromatic heterocycles. The molecule has 0 aliphatic carbocycles. The number of carbonyl (C=O) groups is 1. The van der Waals surface area contributed by atoms with Crippen LogP contribution in [0.2, 0.25) is 5.02 Å². The lowest BCUT2D eigenvalue weighted by molar-refractivity contribution is -0.384. The van der Waals surface area contributed by atoms with E-state index in [1.54, 1.807) is 0 Å². The molecule has 2 heterocycles. The third-order valence-corrected chi connectivity index (χ3v) is 5.61. The van der Waals surface area contributed by atoms with Crippen molar-refractivity contribution in [3.63, 3.8) is 0 Å². The van der Waals surface area contributed by atoms with Crippen molar-refractivity contribution in [1.29, 1.82) is 0 Å². The Morgan fingerprint density at radius 1 is 1.22 bits per heavy atom. The van der Waals surface area contributed by atoms with Crippen LogP contribution in [0.5, 0.6) is 17.2 Å². The van der Waals surface area contributed by atoms with Crippen LogP contribution in [0.1, 0.15) is 21.7 Å². The monoisotopic (exact) mass is 456 g/mol. The van der Waals surface area contributed by atoms with Crippen LogP contribution >= 0.6 is 11.6 Å². The fraction of sp³-hybridized carbons (Fsp3) is 0.261. The van der Waals surface area contributed by atoms with Crippen LogP contribution in [0.25, 0.3) is 0 Å². The maximum absolute atomic E-state index is 12.8. The number of benzene rings is 2. The molecule has 9 heteroatoms. The number of hydrogen-bond acceptors (Lipinski definition) is 6. The van der Waals surface area contributed by atoms with E-state index in [1.165, 1.54) is 18.2 Å². The van der Waals surface area contributed by atoms with Gasteiger partial charge in [-0.3, -0.25) is 14.9 Å². The van der Waals surface area contributed by atoms with Crippen molar-refractivity contribution < 1.29 is 23.9 Å². The summed E-state index contributed by atoms with van der Waals surface area (Å²) in [6, 6.07) is 13.2. The predicted molar refractivity (Wildman–Crippen MR) is 118 cm³/mol. The summed E-state index contributed by atoms with van der Waals surface area (Å²) in [6.45, 7) is 4.51. The molecule has 0 saturated carbocycles. The summed E-state index contributed by atoms with van der Waals surface area (Å²) in [4.78, 5) is 23.1. The van der Waals surface area contributed by atoms with Gasteiger partial charge in [0.2, 0.25) is 5.78 Å². The molecule has 0 radical (unpaired) electrons. The Bertz CT molecular complexity index is 1190. The molecule has 3 aromatic rings. The number of nitrogens with zero attached hydrogens (tertiary/aromatic N) is 2. The van der Waals surface area contributed by atoms with Crippen molar-refractivity contribution in [1.82, 2.24) is 4.57 Å². The minimum atomic E-state index is -0.546. The van der Waals surface area contributed by atoms with Crippen molar-refractivity contribution in [2.24, 2.45) is 0 Å². The normalized spacial score (nSPS) is 14.8. The Kier molecular flexibility index (Phi) is 6.05. The van der Waals surface area contributed by atoms with Gasteiger partial charge in [-0.2, -0.15) is 0 Å². The van der Waals surface area contributed by atoms with Crippen LogP contribution in [-0.2, 0) is 6.54 Å². The zero-order valence-electron chi connectivity index (χ0n) is 17.5. The second kappa shape index (κ2) is 8.92. The molecule has 0 fully saturated rings. The Balaban J connectivity index is 1.43. The first kappa shape index (κ1) is 21.7. The largest absolute Gasteiger partial charge is 0.486 e. The first-order valence-electron chi connectivity index (χ1n) is 9.98. The summed E-state index contributed by atoms with van der Waals surface area (Å²) >= 11 is 6.04. The number of hydrogen-bond donors (Lipinski definition) is 0. The summed E-state index contributed by atoms with van der Waals surface area (Å²) in [6.07, 6.45) is -0.187. The molecule has 1 aliphatic rings. The molecule has 0 saturated heterocycles. The van der Waals surface area contributed by atoms with Crippen molar-refractivity contribution in [3.8, 4) is 17.2 Å². The average molecular weight is 457 g/mol. The molecule has 8 nitrogen and oxygen atoms in total. The Labute approximate surface area is 189 Å². The van der Waals surface area contributed by atoms with Crippen LogP contribution in [0, 0.1) is 24.0 Å². The maximum Gasteiger partial charge on any atom is 0.271 e. The number of nitro groups is 1. The lowest BCUT2D eigenvalue weighted by Gasteiger charge is -2.27. The topological polar surface area (TPSA) is 92.8 Å². The predicted octanol–water partition coefficient (Wildman–Crippen LogP) is 4.77. The standard InChI is InChI=1S/C23H21ClN2O6/c1-14-9-18(20(27)13-31-21-8-7-16(26(28)29)10-19(21)24)15(2)25(14)11-17-12-30-22-5-3-4-6-23(22)32-17/h3-10,17H,11-13H2,1-2H3/t17-/m0/s1. The van der Waals surface area contributed by atoms with E-state index in [-0.39, 0.29) is 35.0 Å². The fourth-order valence-corrected chi connectivity index (χ4v) is 3.89. The molecule has 0 amide bonds. The molecule has 0 spiro atoms. The highest BCUT2D eigenvalue weighted by Gasteiger charge is 2.24. The number of aryl methyl sites for hydroxylation is 1. The van der Waals surface area contributed by atoms with Gasteiger partial charge >= 0.3 is 0 Å². The van der Waals surface area contributed by atoms with E-state index in [4.69, 9.17) is 25.8 Å². The van der Waals surface area contributed by atoms with E-state index in [9.17, 15) is 14.9 Å². The fourth-order valence-electron chi connectivity index (χ4n) is 3.66. The number of carbonyl (C=O) groups excluding carboxylic acids is 1. The van der Waals surface area contributed by atoms with Crippen molar-refractivity contribution >= 4 is 23.1 Å². The zero-order chi connectivity index (χ0) is 22.8. The second-order valence-electron chi connectivity index (χ2n) is 7.48. The van der Waals surface area contributed by atoms with Crippen molar-refractivity contribution in [3.05, 3.63) is 80.6 Å². The van der Waals surface area contributed by atoms with E-state index in [0.29, 0.717) is 24.5 Å². The van der Waals surface area contributed by atoms with Gasteiger partial charge in [0.15, 0.2) is 24.2 Å². The van der Waals surface area contributed by atoms with Gasteiger partial charge < -0.3 is 18.8 Å². The Morgan fingerprint density at radius 2 is 1.97 bits per heavy atom. The highest BCUT2D eigenvalue weighted by atomic mass is 35.5. The lowest BCUT2D eigenvalue weighted by atomic mass is 10.1.